The maximum atomic E-state index is 10.6. The van der Waals surface area contributed by atoms with Gasteiger partial charge in [-0.05, 0) is 12.1 Å². The minimum Gasteiger partial charge on any atom is -0.493 e. The molecule has 0 aliphatic carbocycles. The molecule has 1 aromatic rings. The second-order valence-corrected chi connectivity index (χ2v) is 3.38. The normalized spacial score (nSPS) is 10.9. The molecule has 6 heteroatoms. The summed E-state index contributed by atoms with van der Waals surface area (Å²) in [6, 6.07) is 6.32. The molecule has 0 aromatic heterocycles. The first kappa shape index (κ1) is 9.82. The fourth-order valence-corrected chi connectivity index (χ4v) is 1.20. The number of ether oxygens (including phenoxy) is 1. The summed E-state index contributed by atoms with van der Waals surface area (Å²) in [4.78, 5) is 0. The van der Waals surface area contributed by atoms with Gasteiger partial charge >= 0.3 is 10.3 Å². The zero-order chi connectivity index (χ0) is 9.90. The third kappa shape index (κ3) is 2.92. The number of rotatable bonds is 3. The summed E-state index contributed by atoms with van der Waals surface area (Å²) in [5.41, 5.74) is 0. The van der Waals surface area contributed by atoms with Crippen molar-refractivity contribution in [3.8, 4) is 11.5 Å². The van der Waals surface area contributed by atoms with Gasteiger partial charge in [-0.15, -0.1) is 0 Å². The Hall–Kier alpha value is -1.27. The Morgan fingerprint density at radius 2 is 1.77 bits per heavy atom. The standard InChI is InChI=1S/C7H9NO4S/c1-11-6-4-2-3-5-7(6)12-13(8,9)10/h2-5H,1H3,(H2,8,9,10). The van der Waals surface area contributed by atoms with E-state index in [1.54, 1.807) is 18.2 Å². The first-order valence-electron chi connectivity index (χ1n) is 3.38. The number of methoxy groups -OCH3 is 1. The van der Waals surface area contributed by atoms with Gasteiger partial charge in [0.05, 0.1) is 7.11 Å². The van der Waals surface area contributed by atoms with E-state index in [9.17, 15) is 8.42 Å². The van der Waals surface area contributed by atoms with Crippen LogP contribution < -0.4 is 14.1 Å². The molecule has 0 bridgehead atoms. The maximum absolute atomic E-state index is 10.6. The van der Waals surface area contributed by atoms with Gasteiger partial charge in [0.25, 0.3) is 0 Å². The summed E-state index contributed by atoms with van der Waals surface area (Å²) in [5.74, 6) is 0.393. The van der Waals surface area contributed by atoms with Crippen molar-refractivity contribution >= 4 is 10.3 Å². The molecule has 72 valence electrons. The number of hydrogen-bond acceptors (Lipinski definition) is 4. The van der Waals surface area contributed by atoms with Crippen LogP contribution in [-0.2, 0) is 10.3 Å². The van der Waals surface area contributed by atoms with E-state index in [-0.39, 0.29) is 5.75 Å². The average molecular weight is 203 g/mol. The molecule has 13 heavy (non-hydrogen) atoms. The average Bonchev–Trinajstić information content (AvgIpc) is 2.02. The van der Waals surface area contributed by atoms with Gasteiger partial charge in [0.2, 0.25) is 0 Å². The summed E-state index contributed by atoms with van der Waals surface area (Å²) >= 11 is 0. The molecule has 1 rings (SSSR count). The van der Waals surface area contributed by atoms with Crippen LogP contribution in [0.25, 0.3) is 0 Å². The predicted octanol–water partition coefficient (Wildman–Crippen LogP) is 0.278. The monoisotopic (exact) mass is 203 g/mol. The van der Waals surface area contributed by atoms with Crippen molar-refractivity contribution in [2.45, 2.75) is 0 Å². The molecule has 0 atom stereocenters. The minimum atomic E-state index is -3.99. The summed E-state index contributed by atoms with van der Waals surface area (Å²) in [7, 11) is -2.58. The Labute approximate surface area is 76.3 Å². The van der Waals surface area contributed by atoms with Crippen molar-refractivity contribution in [1.82, 2.24) is 0 Å². The lowest BCUT2D eigenvalue weighted by Crippen LogP contribution is -2.19. The summed E-state index contributed by atoms with van der Waals surface area (Å²) in [6.45, 7) is 0. The van der Waals surface area contributed by atoms with Crippen molar-refractivity contribution < 1.29 is 17.3 Å². The molecule has 0 saturated heterocycles. The zero-order valence-corrected chi connectivity index (χ0v) is 7.74. The molecule has 1 aromatic carbocycles. The van der Waals surface area contributed by atoms with Crippen LogP contribution in [0.4, 0.5) is 0 Å². The van der Waals surface area contributed by atoms with Gasteiger partial charge in [0, 0.05) is 0 Å². The topological polar surface area (TPSA) is 78.6 Å². The van der Waals surface area contributed by atoms with E-state index in [4.69, 9.17) is 4.74 Å². The fourth-order valence-electron chi connectivity index (χ4n) is 0.813. The predicted molar refractivity (Wildman–Crippen MR) is 46.7 cm³/mol. The third-order valence-corrected chi connectivity index (χ3v) is 1.69. The Balaban J connectivity index is 3.01. The molecule has 0 saturated carbocycles. The van der Waals surface area contributed by atoms with Crippen LogP contribution in [0.5, 0.6) is 11.5 Å². The molecule has 0 aliphatic heterocycles. The zero-order valence-electron chi connectivity index (χ0n) is 6.93. The minimum absolute atomic E-state index is 0.0764. The lowest BCUT2D eigenvalue weighted by Gasteiger charge is -2.06. The van der Waals surface area contributed by atoms with Gasteiger partial charge in [-0.25, -0.2) is 0 Å². The smallest absolute Gasteiger partial charge is 0.380 e. The number of para-hydroxylation sites is 2. The first-order valence-corrected chi connectivity index (χ1v) is 4.85. The van der Waals surface area contributed by atoms with E-state index in [2.05, 4.69) is 9.32 Å². The van der Waals surface area contributed by atoms with Crippen molar-refractivity contribution in [3.63, 3.8) is 0 Å². The Morgan fingerprint density at radius 3 is 2.23 bits per heavy atom. The van der Waals surface area contributed by atoms with Gasteiger partial charge in [-0.2, -0.15) is 13.6 Å². The van der Waals surface area contributed by atoms with Crippen molar-refractivity contribution in [2.75, 3.05) is 7.11 Å². The van der Waals surface area contributed by atoms with Gasteiger partial charge in [0.15, 0.2) is 11.5 Å². The van der Waals surface area contributed by atoms with Crippen LogP contribution in [0.3, 0.4) is 0 Å². The number of hydrogen-bond donors (Lipinski definition) is 1. The highest BCUT2D eigenvalue weighted by molar-refractivity contribution is 7.84. The summed E-state index contributed by atoms with van der Waals surface area (Å²) in [6.07, 6.45) is 0. The molecular formula is C7H9NO4S. The van der Waals surface area contributed by atoms with Crippen molar-refractivity contribution in [2.24, 2.45) is 5.14 Å². The Bertz CT molecular complexity index is 387. The lowest BCUT2D eigenvalue weighted by atomic mass is 10.3. The second-order valence-electron chi connectivity index (χ2n) is 2.23. The molecule has 2 N–H and O–H groups in total. The largest absolute Gasteiger partial charge is 0.493 e. The second kappa shape index (κ2) is 3.63. The Morgan fingerprint density at radius 1 is 1.23 bits per heavy atom. The Kier molecular flexibility index (Phi) is 2.74. The molecule has 0 unspecified atom stereocenters. The molecule has 5 nitrogen and oxygen atoms in total. The highest BCUT2D eigenvalue weighted by atomic mass is 32.2. The van der Waals surface area contributed by atoms with Gasteiger partial charge in [-0.3, -0.25) is 0 Å². The molecule has 0 heterocycles. The van der Waals surface area contributed by atoms with Crippen LogP contribution in [0.15, 0.2) is 24.3 Å². The van der Waals surface area contributed by atoms with Crippen LogP contribution >= 0.6 is 0 Å². The third-order valence-electron chi connectivity index (χ3n) is 1.28. The van der Waals surface area contributed by atoms with Crippen LogP contribution in [-0.4, -0.2) is 15.5 Å². The van der Waals surface area contributed by atoms with E-state index < -0.39 is 10.3 Å². The molecular weight excluding hydrogens is 194 g/mol. The first-order chi connectivity index (χ1) is 6.03. The molecule has 0 fully saturated rings. The van der Waals surface area contributed by atoms with Crippen molar-refractivity contribution in [1.29, 1.82) is 0 Å². The maximum Gasteiger partial charge on any atom is 0.380 e. The van der Waals surface area contributed by atoms with Crippen LogP contribution in [0, 0.1) is 0 Å². The van der Waals surface area contributed by atoms with E-state index in [1.807, 2.05) is 0 Å². The van der Waals surface area contributed by atoms with E-state index in [1.165, 1.54) is 13.2 Å². The van der Waals surface area contributed by atoms with E-state index in [0.717, 1.165) is 0 Å². The molecule has 0 amide bonds. The van der Waals surface area contributed by atoms with Gasteiger partial charge < -0.3 is 8.92 Å². The summed E-state index contributed by atoms with van der Waals surface area (Å²) in [5, 5.41) is 4.69. The molecule has 0 aliphatic rings. The lowest BCUT2D eigenvalue weighted by molar-refractivity contribution is 0.391. The summed E-state index contributed by atoms with van der Waals surface area (Å²) < 4.78 is 30.4. The van der Waals surface area contributed by atoms with E-state index >= 15 is 0 Å². The molecule has 0 spiro atoms. The molecule has 0 radical (unpaired) electrons. The number of nitrogens with two attached hydrogens (primary N) is 1. The van der Waals surface area contributed by atoms with Crippen molar-refractivity contribution in [3.05, 3.63) is 24.3 Å². The van der Waals surface area contributed by atoms with Gasteiger partial charge in [-0.1, -0.05) is 12.1 Å². The van der Waals surface area contributed by atoms with Crippen LogP contribution in [0.2, 0.25) is 0 Å². The van der Waals surface area contributed by atoms with Gasteiger partial charge in [0.1, 0.15) is 0 Å². The number of benzene rings is 1. The highest BCUT2D eigenvalue weighted by Gasteiger charge is 2.09. The SMILES string of the molecule is COc1ccccc1OS(N)(=O)=O. The van der Waals surface area contributed by atoms with Crippen LogP contribution in [0.1, 0.15) is 0 Å². The highest BCUT2D eigenvalue weighted by Crippen LogP contribution is 2.26. The van der Waals surface area contributed by atoms with E-state index in [0.29, 0.717) is 5.75 Å². The fraction of sp³-hybridized carbons (Fsp3) is 0.143. The quantitative estimate of drug-likeness (QED) is 0.765.